The third-order valence-corrected chi connectivity index (χ3v) is 7.81. The lowest BCUT2D eigenvalue weighted by Gasteiger charge is -2.49. The molecule has 1 aliphatic carbocycles. The van der Waals surface area contributed by atoms with E-state index in [1.807, 2.05) is 6.08 Å². The summed E-state index contributed by atoms with van der Waals surface area (Å²) in [6.07, 6.45) is -3.59. The van der Waals surface area contributed by atoms with Crippen molar-refractivity contribution in [3.8, 4) is 0 Å². The zero-order valence-electron chi connectivity index (χ0n) is 23.5. The Bertz CT molecular complexity index is 796. The Morgan fingerprint density at radius 1 is 1.10 bits per heavy atom. The highest BCUT2D eigenvalue weighted by Crippen LogP contribution is 2.32. The van der Waals surface area contributed by atoms with Crippen LogP contribution in [0.1, 0.15) is 26.2 Å². The summed E-state index contributed by atoms with van der Waals surface area (Å²) in [6.45, 7) is 3.02. The minimum atomic E-state index is -1.34. The monoisotopic (exact) mass is 577 g/mol. The second kappa shape index (κ2) is 15.5. The van der Waals surface area contributed by atoms with Crippen LogP contribution in [0.3, 0.4) is 0 Å². The average molecular weight is 578 g/mol. The van der Waals surface area contributed by atoms with Gasteiger partial charge in [-0.05, 0) is 52.4 Å². The van der Waals surface area contributed by atoms with Crippen molar-refractivity contribution in [1.29, 1.82) is 0 Å². The Hall–Kier alpha value is -1.02. The number of nitrogens with two attached hydrogens (primary N) is 4. The van der Waals surface area contributed by atoms with E-state index < -0.39 is 66.8 Å². The summed E-state index contributed by atoms with van der Waals surface area (Å²) in [5, 5.41) is 52.7. The van der Waals surface area contributed by atoms with Crippen LogP contribution in [0, 0.1) is 0 Å². The molecule has 1 saturated heterocycles. The first-order valence-corrected chi connectivity index (χ1v) is 14.1. The van der Waals surface area contributed by atoms with Crippen molar-refractivity contribution in [3.05, 3.63) is 11.8 Å². The van der Waals surface area contributed by atoms with E-state index in [4.69, 9.17) is 41.9 Å². The van der Waals surface area contributed by atoms with E-state index in [9.17, 15) is 20.4 Å². The van der Waals surface area contributed by atoms with Gasteiger partial charge in [-0.1, -0.05) is 0 Å². The molecule has 15 nitrogen and oxygen atoms in total. The van der Waals surface area contributed by atoms with Crippen molar-refractivity contribution in [2.24, 2.45) is 22.9 Å². The van der Waals surface area contributed by atoms with Gasteiger partial charge in [0, 0.05) is 25.2 Å². The SMILES string of the molecule is CN[C@@H]1[C@@H](O)[C@@H](O[C@H]2[C@H](NCC(O)CN)C[C@H](N)C(O[C@H]3OC(CN)=CC[C@H]3NCCCN)[C@@H]2O)OC[C@]1(C)O. The van der Waals surface area contributed by atoms with Crippen LogP contribution >= 0.6 is 0 Å². The smallest absolute Gasteiger partial charge is 0.215 e. The molecule has 1 saturated carbocycles. The predicted octanol–water partition coefficient (Wildman–Crippen LogP) is -4.92. The van der Waals surface area contributed by atoms with Gasteiger partial charge in [0.15, 0.2) is 6.29 Å². The van der Waals surface area contributed by atoms with Crippen LogP contribution in [0.5, 0.6) is 0 Å². The average Bonchev–Trinajstić information content (AvgIpc) is 2.93. The Kier molecular flexibility index (Phi) is 12.9. The van der Waals surface area contributed by atoms with Crippen LogP contribution < -0.4 is 38.9 Å². The predicted molar refractivity (Wildman–Crippen MR) is 147 cm³/mol. The molecule has 0 aromatic rings. The maximum absolute atomic E-state index is 11.6. The molecule has 2 heterocycles. The molecule has 2 fully saturated rings. The first-order chi connectivity index (χ1) is 19.1. The third kappa shape index (κ3) is 8.29. The number of aliphatic hydroxyl groups is 4. The topological polar surface area (TPSA) is 258 Å². The molecule has 0 radical (unpaired) electrons. The van der Waals surface area contributed by atoms with Gasteiger partial charge in [0.25, 0.3) is 0 Å². The first kappa shape index (κ1) is 33.5. The van der Waals surface area contributed by atoms with Gasteiger partial charge in [0.05, 0.1) is 31.3 Å². The fourth-order valence-corrected chi connectivity index (χ4v) is 5.51. The summed E-state index contributed by atoms with van der Waals surface area (Å²) in [6, 6.07) is -2.14. The molecule has 2 aliphatic heterocycles. The molecule has 0 spiro atoms. The van der Waals surface area contributed by atoms with Crippen LogP contribution in [0.25, 0.3) is 0 Å². The summed E-state index contributed by atoms with van der Waals surface area (Å²) in [7, 11) is 1.62. The lowest BCUT2D eigenvalue weighted by Crippen LogP contribution is -2.69. The molecular weight excluding hydrogens is 526 g/mol. The zero-order chi connectivity index (χ0) is 29.4. The van der Waals surface area contributed by atoms with E-state index in [0.717, 1.165) is 6.42 Å². The van der Waals surface area contributed by atoms with E-state index in [0.29, 0.717) is 31.7 Å². The number of aliphatic hydroxyl groups excluding tert-OH is 3. The Morgan fingerprint density at radius 3 is 2.48 bits per heavy atom. The standard InChI is InChI=1S/C25H51N7O8/c1-25(36)12-37-24(19(35)22(25)30-2)40-21-17(32-11-13(33)9-27)8-15(29)20(18(21)34)39-23-16(31-7-3-6-26)5-4-14(10-28)38-23/h4,13,15-24,30-36H,3,5-12,26-29H2,1-2H3/t13?,15-,16+,17+,18-,19+,20?,21-,22+,23+,24+,25-/m0/s1. The molecule has 0 aromatic carbocycles. The summed E-state index contributed by atoms with van der Waals surface area (Å²) >= 11 is 0. The number of ether oxygens (including phenoxy) is 4. The van der Waals surface area contributed by atoms with Crippen LogP contribution in [0.2, 0.25) is 0 Å². The van der Waals surface area contributed by atoms with E-state index in [1.54, 1.807) is 14.0 Å². The molecule has 0 amide bonds. The molecule has 234 valence electrons. The molecule has 2 unspecified atom stereocenters. The van der Waals surface area contributed by atoms with Crippen molar-refractivity contribution < 1.29 is 39.4 Å². The van der Waals surface area contributed by atoms with E-state index in [1.165, 1.54) is 0 Å². The summed E-state index contributed by atoms with van der Waals surface area (Å²) in [4.78, 5) is 0. The molecule has 3 rings (SSSR count). The number of hydrogen-bond donors (Lipinski definition) is 11. The van der Waals surface area contributed by atoms with Crippen LogP contribution in [-0.4, -0.2) is 140 Å². The summed E-state index contributed by atoms with van der Waals surface area (Å²) in [5.41, 5.74) is 22.2. The highest BCUT2D eigenvalue weighted by molar-refractivity contribution is 5.05. The number of hydrogen-bond acceptors (Lipinski definition) is 15. The van der Waals surface area contributed by atoms with Gasteiger partial charge >= 0.3 is 0 Å². The van der Waals surface area contributed by atoms with E-state index in [2.05, 4.69) is 16.0 Å². The van der Waals surface area contributed by atoms with Gasteiger partial charge in [-0.2, -0.15) is 0 Å². The second-order valence-electron chi connectivity index (χ2n) is 11.1. The van der Waals surface area contributed by atoms with Crippen molar-refractivity contribution in [1.82, 2.24) is 16.0 Å². The summed E-state index contributed by atoms with van der Waals surface area (Å²) < 4.78 is 24.2. The molecule has 15 N–H and O–H groups in total. The van der Waals surface area contributed by atoms with Gasteiger partial charge in [0.2, 0.25) is 6.29 Å². The lowest BCUT2D eigenvalue weighted by atomic mass is 9.83. The molecule has 0 aromatic heterocycles. The maximum atomic E-state index is 11.6. The Labute approximate surface area is 235 Å². The Balaban J connectivity index is 1.79. The van der Waals surface area contributed by atoms with Gasteiger partial charge in [-0.25, -0.2) is 0 Å². The fraction of sp³-hybridized carbons (Fsp3) is 0.920. The molecular formula is C25H51N7O8. The van der Waals surface area contributed by atoms with Crippen LogP contribution in [0.15, 0.2) is 11.8 Å². The lowest BCUT2D eigenvalue weighted by molar-refractivity contribution is -0.304. The molecule has 12 atom stereocenters. The largest absolute Gasteiger partial charge is 0.467 e. The minimum absolute atomic E-state index is 0.0452. The van der Waals surface area contributed by atoms with Gasteiger partial charge < -0.3 is 78.3 Å². The van der Waals surface area contributed by atoms with Gasteiger partial charge in [-0.15, -0.1) is 0 Å². The van der Waals surface area contributed by atoms with Crippen molar-refractivity contribution >= 4 is 0 Å². The van der Waals surface area contributed by atoms with Crippen LogP contribution in [0.4, 0.5) is 0 Å². The second-order valence-corrected chi connectivity index (χ2v) is 11.1. The van der Waals surface area contributed by atoms with Crippen molar-refractivity contribution in [2.75, 3.05) is 46.4 Å². The molecule has 0 bridgehead atoms. The maximum Gasteiger partial charge on any atom is 0.215 e. The zero-order valence-corrected chi connectivity index (χ0v) is 23.5. The highest BCUT2D eigenvalue weighted by Gasteiger charge is 2.51. The summed E-state index contributed by atoms with van der Waals surface area (Å²) in [5.74, 6) is 0.577. The van der Waals surface area contributed by atoms with Gasteiger partial charge in [0.1, 0.15) is 35.8 Å². The fourth-order valence-electron chi connectivity index (χ4n) is 5.51. The molecule has 40 heavy (non-hydrogen) atoms. The Morgan fingerprint density at radius 2 is 1.82 bits per heavy atom. The van der Waals surface area contributed by atoms with Crippen LogP contribution in [-0.2, 0) is 18.9 Å². The first-order valence-electron chi connectivity index (χ1n) is 14.1. The van der Waals surface area contributed by atoms with Crippen molar-refractivity contribution in [2.45, 2.75) is 99.1 Å². The number of likely N-dealkylation sites (N-methyl/N-ethyl adjacent to an activating group) is 1. The third-order valence-electron chi connectivity index (χ3n) is 7.81. The molecule has 3 aliphatic rings. The van der Waals surface area contributed by atoms with Crippen molar-refractivity contribution in [3.63, 3.8) is 0 Å². The minimum Gasteiger partial charge on any atom is -0.467 e. The normalized spacial score (nSPS) is 41.3. The highest BCUT2D eigenvalue weighted by atomic mass is 16.7. The quantitative estimate of drug-likeness (QED) is 0.0864. The van der Waals surface area contributed by atoms with E-state index >= 15 is 0 Å². The van der Waals surface area contributed by atoms with Gasteiger partial charge in [-0.3, -0.25) is 0 Å². The number of rotatable bonds is 14. The number of nitrogens with one attached hydrogen (secondary N) is 3. The van der Waals surface area contributed by atoms with E-state index in [-0.39, 0.29) is 32.3 Å². The molecule has 15 heteroatoms.